The Labute approximate surface area is 126 Å². The van der Waals surface area contributed by atoms with Crippen molar-refractivity contribution in [2.75, 3.05) is 13.1 Å². The number of amides is 2. The lowest BCUT2D eigenvalue weighted by molar-refractivity contribution is -0.138. The number of carboxylic acid groups (broad SMARTS) is 1. The summed E-state index contributed by atoms with van der Waals surface area (Å²) < 4.78 is 0. The van der Waals surface area contributed by atoms with Gasteiger partial charge in [0, 0.05) is 34.6 Å². The first-order valence-electron chi connectivity index (χ1n) is 6.15. The van der Waals surface area contributed by atoms with Crippen molar-refractivity contribution in [3.8, 4) is 0 Å². The summed E-state index contributed by atoms with van der Waals surface area (Å²) in [5.41, 5.74) is 0.668. The average molecular weight is 317 g/mol. The molecule has 1 fully saturated rings. The maximum absolute atomic E-state index is 11.8. The molecule has 1 aliphatic heterocycles. The highest BCUT2D eigenvalue weighted by Crippen LogP contribution is 2.26. The highest BCUT2D eigenvalue weighted by atomic mass is 35.5. The van der Waals surface area contributed by atoms with Crippen LogP contribution in [0.3, 0.4) is 0 Å². The van der Waals surface area contributed by atoms with Gasteiger partial charge in [-0.3, -0.25) is 4.79 Å². The second-order valence-electron chi connectivity index (χ2n) is 4.73. The summed E-state index contributed by atoms with van der Waals surface area (Å²) >= 11 is 12.2. The predicted molar refractivity (Wildman–Crippen MR) is 76.0 cm³/mol. The molecule has 2 amide bonds. The molecule has 1 unspecified atom stereocenters. The largest absolute Gasteiger partial charge is 0.481 e. The van der Waals surface area contributed by atoms with Crippen LogP contribution in [0.1, 0.15) is 12.0 Å². The molecule has 1 aromatic rings. The van der Waals surface area contributed by atoms with E-state index >= 15 is 0 Å². The van der Waals surface area contributed by atoms with E-state index < -0.39 is 5.97 Å². The number of carbonyl (C=O) groups excluding carboxylic acids is 1. The standard InChI is InChI=1S/C13H14Cl2N2O3/c14-10-2-1-3-11(15)9(10)7-17-6-8(4-12(18)19)5-16-13(17)20/h1-3,8H,4-7H2,(H,16,20)(H,18,19). The van der Waals surface area contributed by atoms with Crippen LogP contribution in [0, 0.1) is 5.92 Å². The van der Waals surface area contributed by atoms with E-state index in [0.29, 0.717) is 28.7 Å². The van der Waals surface area contributed by atoms with E-state index in [1.807, 2.05) is 0 Å². The molecule has 1 atom stereocenters. The van der Waals surface area contributed by atoms with Gasteiger partial charge in [0.15, 0.2) is 0 Å². The molecule has 0 spiro atoms. The number of hydrogen-bond acceptors (Lipinski definition) is 2. The normalized spacial score (nSPS) is 18.8. The number of nitrogens with one attached hydrogen (secondary N) is 1. The van der Waals surface area contributed by atoms with E-state index in [9.17, 15) is 9.59 Å². The molecule has 1 aromatic carbocycles. The molecule has 0 saturated carbocycles. The first-order chi connectivity index (χ1) is 9.47. The van der Waals surface area contributed by atoms with Crippen molar-refractivity contribution in [1.29, 1.82) is 0 Å². The van der Waals surface area contributed by atoms with Crippen molar-refractivity contribution in [2.24, 2.45) is 5.92 Å². The first kappa shape index (κ1) is 14.9. The van der Waals surface area contributed by atoms with Gasteiger partial charge < -0.3 is 15.3 Å². The third kappa shape index (κ3) is 3.55. The number of halogens is 2. The van der Waals surface area contributed by atoms with Crippen LogP contribution in [0.15, 0.2) is 18.2 Å². The Kier molecular flexibility index (Phi) is 4.73. The van der Waals surface area contributed by atoms with Crippen molar-refractivity contribution < 1.29 is 14.7 Å². The summed E-state index contributed by atoms with van der Waals surface area (Å²) in [6, 6.07) is 4.92. The summed E-state index contributed by atoms with van der Waals surface area (Å²) in [4.78, 5) is 24.1. The lowest BCUT2D eigenvalue weighted by Gasteiger charge is -2.33. The van der Waals surface area contributed by atoms with Crippen LogP contribution in [0.5, 0.6) is 0 Å². The summed E-state index contributed by atoms with van der Waals surface area (Å²) in [5.74, 6) is -0.992. The van der Waals surface area contributed by atoms with Crippen molar-refractivity contribution in [3.05, 3.63) is 33.8 Å². The van der Waals surface area contributed by atoms with Crippen molar-refractivity contribution in [3.63, 3.8) is 0 Å². The van der Waals surface area contributed by atoms with E-state index in [1.165, 1.54) is 4.90 Å². The molecule has 2 rings (SSSR count). The molecule has 2 N–H and O–H groups in total. The van der Waals surface area contributed by atoms with Gasteiger partial charge in [-0.25, -0.2) is 4.79 Å². The van der Waals surface area contributed by atoms with Gasteiger partial charge in [-0.2, -0.15) is 0 Å². The van der Waals surface area contributed by atoms with Gasteiger partial charge in [-0.1, -0.05) is 29.3 Å². The molecular formula is C13H14Cl2N2O3. The first-order valence-corrected chi connectivity index (χ1v) is 6.90. The second-order valence-corrected chi connectivity index (χ2v) is 5.55. The number of aliphatic carboxylic acids is 1. The third-order valence-electron chi connectivity index (χ3n) is 3.18. The number of benzene rings is 1. The SMILES string of the molecule is O=C(O)CC1CNC(=O)N(Cc2c(Cl)cccc2Cl)C1. The number of carboxylic acids is 1. The molecule has 0 bridgehead atoms. The minimum atomic E-state index is -0.873. The van der Waals surface area contributed by atoms with Crippen LogP contribution in [0.25, 0.3) is 0 Å². The van der Waals surface area contributed by atoms with Gasteiger partial charge in [0.2, 0.25) is 0 Å². The van der Waals surface area contributed by atoms with Crippen LogP contribution in [-0.2, 0) is 11.3 Å². The van der Waals surface area contributed by atoms with Crippen LogP contribution in [0.4, 0.5) is 4.79 Å². The Balaban J connectivity index is 2.10. The zero-order valence-electron chi connectivity index (χ0n) is 10.6. The average Bonchev–Trinajstić information content (AvgIpc) is 2.37. The quantitative estimate of drug-likeness (QED) is 0.897. The summed E-state index contributed by atoms with van der Waals surface area (Å²) in [7, 11) is 0. The van der Waals surface area contributed by atoms with E-state index in [2.05, 4.69) is 5.32 Å². The highest BCUT2D eigenvalue weighted by molar-refractivity contribution is 6.36. The summed E-state index contributed by atoms with van der Waals surface area (Å²) in [6.07, 6.45) is 0.0209. The Morgan fingerprint density at radius 3 is 2.65 bits per heavy atom. The second kappa shape index (κ2) is 6.33. The van der Waals surface area contributed by atoms with E-state index in [1.54, 1.807) is 18.2 Å². The number of nitrogens with zero attached hydrogens (tertiary/aromatic N) is 1. The molecule has 1 saturated heterocycles. The minimum absolute atomic E-state index is 0.0209. The summed E-state index contributed by atoms with van der Waals surface area (Å²) in [5, 5.41) is 12.5. The Morgan fingerprint density at radius 1 is 1.40 bits per heavy atom. The molecule has 0 aliphatic carbocycles. The zero-order chi connectivity index (χ0) is 14.7. The third-order valence-corrected chi connectivity index (χ3v) is 3.89. The molecule has 0 radical (unpaired) electrons. The Hall–Kier alpha value is -1.46. The number of carbonyl (C=O) groups is 2. The fraction of sp³-hybridized carbons (Fsp3) is 0.385. The maximum Gasteiger partial charge on any atom is 0.317 e. The number of hydrogen-bond donors (Lipinski definition) is 2. The highest BCUT2D eigenvalue weighted by Gasteiger charge is 2.27. The predicted octanol–water partition coefficient (Wildman–Crippen LogP) is 2.61. The molecule has 108 valence electrons. The Morgan fingerprint density at radius 2 is 2.05 bits per heavy atom. The van der Waals surface area contributed by atoms with E-state index in [4.69, 9.17) is 28.3 Å². The summed E-state index contributed by atoms with van der Waals surface area (Å²) in [6.45, 7) is 1.01. The maximum atomic E-state index is 11.8. The Bertz CT molecular complexity index is 516. The van der Waals surface area contributed by atoms with E-state index in [-0.39, 0.29) is 24.9 Å². The van der Waals surface area contributed by atoms with Gasteiger partial charge in [0.25, 0.3) is 0 Å². The van der Waals surface area contributed by atoms with Gasteiger partial charge >= 0.3 is 12.0 Å². The topological polar surface area (TPSA) is 69.6 Å². The minimum Gasteiger partial charge on any atom is -0.481 e. The number of rotatable bonds is 4. The molecule has 0 aromatic heterocycles. The van der Waals surface area contributed by atoms with Gasteiger partial charge in [0.1, 0.15) is 0 Å². The fourth-order valence-corrected chi connectivity index (χ4v) is 2.71. The van der Waals surface area contributed by atoms with E-state index in [0.717, 1.165) is 0 Å². The van der Waals surface area contributed by atoms with Crippen LogP contribution < -0.4 is 5.32 Å². The van der Waals surface area contributed by atoms with Gasteiger partial charge in [0.05, 0.1) is 13.0 Å². The van der Waals surface area contributed by atoms with Gasteiger partial charge in [-0.15, -0.1) is 0 Å². The molecule has 20 heavy (non-hydrogen) atoms. The van der Waals surface area contributed by atoms with Crippen LogP contribution in [0.2, 0.25) is 10.0 Å². The fourth-order valence-electron chi connectivity index (χ4n) is 2.20. The monoisotopic (exact) mass is 316 g/mol. The smallest absolute Gasteiger partial charge is 0.317 e. The molecule has 5 nitrogen and oxygen atoms in total. The van der Waals surface area contributed by atoms with Crippen molar-refractivity contribution in [1.82, 2.24) is 10.2 Å². The molecule has 1 aliphatic rings. The molecular weight excluding hydrogens is 303 g/mol. The molecule has 1 heterocycles. The van der Waals surface area contributed by atoms with Crippen LogP contribution in [-0.4, -0.2) is 35.1 Å². The lowest BCUT2D eigenvalue weighted by atomic mass is 10.0. The molecule has 7 heteroatoms. The zero-order valence-corrected chi connectivity index (χ0v) is 12.1. The van der Waals surface area contributed by atoms with Crippen LogP contribution >= 0.6 is 23.2 Å². The lowest BCUT2D eigenvalue weighted by Crippen LogP contribution is -2.51. The van der Waals surface area contributed by atoms with Crippen molar-refractivity contribution >= 4 is 35.2 Å². The van der Waals surface area contributed by atoms with Crippen molar-refractivity contribution in [2.45, 2.75) is 13.0 Å². The van der Waals surface area contributed by atoms with Gasteiger partial charge in [-0.05, 0) is 12.1 Å². The number of urea groups is 1.